The van der Waals surface area contributed by atoms with Gasteiger partial charge in [0.1, 0.15) is 5.75 Å². The molecule has 1 atom stereocenters. The summed E-state index contributed by atoms with van der Waals surface area (Å²) in [6, 6.07) is 7.44. The maximum Gasteiger partial charge on any atom is 0.408 e. The predicted octanol–water partition coefficient (Wildman–Crippen LogP) is 2.53. The van der Waals surface area contributed by atoms with E-state index in [1.165, 1.54) is 4.90 Å². The first-order valence-corrected chi connectivity index (χ1v) is 7.59. The van der Waals surface area contributed by atoms with Crippen LogP contribution in [0.15, 0.2) is 18.2 Å². The van der Waals surface area contributed by atoms with Gasteiger partial charge in [0, 0.05) is 12.1 Å². The highest BCUT2D eigenvalue weighted by Gasteiger charge is 2.49. The molecule has 0 radical (unpaired) electrons. The number of hydrogen-bond donors (Lipinski definition) is 2. The van der Waals surface area contributed by atoms with Crippen molar-refractivity contribution in [2.75, 3.05) is 20.2 Å². The Morgan fingerprint density at radius 2 is 2.17 bits per heavy atom. The maximum absolute atomic E-state index is 12.0. The van der Waals surface area contributed by atoms with Gasteiger partial charge in [-0.15, -0.1) is 0 Å². The number of nitrogens with one attached hydrogen (secondary N) is 1. The zero-order chi connectivity index (χ0) is 17.3. The molecule has 1 aromatic carbocycles. The van der Waals surface area contributed by atoms with Crippen LogP contribution in [0.25, 0.3) is 0 Å². The summed E-state index contributed by atoms with van der Waals surface area (Å²) in [4.78, 5) is 13.5. The molecular formula is C17H23N3O3. The topological polar surface area (TPSA) is 85.6 Å². The Morgan fingerprint density at radius 3 is 2.61 bits per heavy atom. The summed E-state index contributed by atoms with van der Waals surface area (Å²) < 4.78 is 5.19. The summed E-state index contributed by atoms with van der Waals surface area (Å²) >= 11 is 0. The molecule has 23 heavy (non-hydrogen) atoms. The van der Waals surface area contributed by atoms with Gasteiger partial charge >= 0.3 is 6.09 Å². The number of amides is 1. The van der Waals surface area contributed by atoms with Gasteiger partial charge in [-0.1, -0.05) is 6.07 Å². The van der Waals surface area contributed by atoms with Crippen LogP contribution in [0.5, 0.6) is 5.75 Å². The lowest BCUT2D eigenvalue weighted by Gasteiger charge is -2.47. The second kappa shape index (κ2) is 6.09. The smallest absolute Gasteiger partial charge is 0.408 e. The molecule has 6 heteroatoms. The molecule has 1 aliphatic heterocycles. The molecule has 1 heterocycles. The van der Waals surface area contributed by atoms with E-state index in [0.717, 1.165) is 5.56 Å². The number of ether oxygens (including phenoxy) is 1. The first-order chi connectivity index (χ1) is 10.8. The van der Waals surface area contributed by atoms with Gasteiger partial charge in [0.25, 0.3) is 0 Å². The van der Waals surface area contributed by atoms with Gasteiger partial charge in [-0.25, -0.2) is 4.79 Å². The largest absolute Gasteiger partial charge is 0.497 e. The van der Waals surface area contributed by atoms with Crippen molar-refractivity contribution >= 4 is 6.09 Å². The van der Waals surface area contributed by atoms with E-state index in [-0.39, 0.29) is 0 Å². The normalized spacial score (nSPS) is 20.8. The van der Waals surface area contributed by atoms with E-state index in [0.29, 0.717) is 30.8 Å². The van der Waals surface area contributed by atoms with E-state index in [4.69, 9.17) is 4.74 Å². The Labute approximate surface area is 136 Å². The molecule has 1 fully saturated rings. The third-order valence-electron chi connectivity index (χ3n) is 4.27. The van der Waals surface area contributed by atoms with E-state index in [2.05, 4.69) is 11.4 Å². The number of carbonyl (C=O) groups is 1. The van der Waals surface area contributed by atoms with Crippen molar-refractivity contribution in [3.63, 3.8) is 0 Å². The molecule has 2 N–H and O–H groups in total. The van der Waals surface area contributed by atoms with Crippen LogP contribution in [-0.4, -0.2) is 41.8 Å². The summed E-state index contributed by atoms with van der Waals surface area (Å²) in [7, 11) is 1.54. The zero-order valence-corrected chi connectivity index (χ0v) is 14.0. The molecule has 1 saturated heterocycles. The molecule has 0 saturated carbocycles. The number of nitriles is 1. The Balaban J connectivity index is 2.67. The lowest BCUT2D eigenvalue weighted by molar-refractivity contribution is 0.0223. The third kappa shape index (κ3) is 2.97. The van der Waals surface area contributed by atoms with Crippen molar-refractivity contribution in [3.05, 3.63) is 29.3 Å². The van der Waals surface area contributed by atoms with Crippen molar-refractivity contribution in [1.29, 1.82) is 5.26 Å². The molecule has 0 aliphatic carbocycles. The summed E-state index contributed by atoms with van der Waals surface area (Å²) in [5.41, 5.74) is -0.182. The second-order valence-corrected chi connectivity index (χ2v) is 6.77. The molecule has 0 spiro atoms. The highest BCUT2D eigenvalue weighted by atomic mass is 16.5. The summed E-state index contributed by atoms with van der Waals surface area (Å²) in [6.07, 6.45) is -0.363. The fourth-order valence-electron chi connectivity index (χ4n) is 3.48. The summed E-state index contributed by atoms with van der Waals surface area (Å²) in [5.74, 6) is 0.587. The molecule has 2 rings (SSSR count). The van der Waals surface area contributed by atoms with Crippen LogP contribution in [-0.2, 0) is 5.54 Å². The Hall–Kier alpha value is -2.26. The summed E-state index contributed by atoms with van der Waals surface area (Å²) in [6.45, 7) is 6.80. The molecule has 124 valence electrons. The average molecular weight is 317 g/mol. The monoisotopic (exact) mass is 317 g/mol. The molecule has 0 bridgehead atoms. The molecule has 0 aromatic heterocycles. The standard InChI is InChI=1S/C17H23N3O3/c1-16(2,3)20(15(21)22)17(7-8-19-11-17)14-6-5-13(23-4)9-12(14)10-18/h5-6,9,19H,7-8,11H2,1-4H3,(H,21,22)/t17-/m1/s1. The van der Waals surface area contributed by atoms with Gasteiger partial charge < -0.3 is 15.2 Å². The maximum atomic E-state index is 12.0. The fourth-order valence-corrected chi connectivity index (χ4v) is 3.48. The average Bonchev–Trinajstić information content (AvgIpc) is 2.94. The van der Waals surface area contributed by atoms with Crippen molar-refractivity contribution in [3.8, 4) is 11.8 Å². The van der Waals surface area contributed by atoms with Crippen molar-refractivity contribution < 1.29 is 14.6 Å². The zero-order valence-electron chi connectivity index (χ0n) is 14.0. The summed E-state index contributed by atoms with van der Waals surface area (Å²) in [5, 5.41) is 22.6. The van der Waals surface area contributed by atoms with Crippen LogP contribution in [0.3, 0.4) is 0 Å². The van der Waals surface area contributed by atoms with E-state index < -0.39 is 17.2 Å². The highest BCUT2D eigenvalue weighted by Crippen LogP contribution is 2.41. The minimum atomic E-state index is -0.985. The molecule has 1 aliphatic rings. The Kier molecular flexibility index (Phi) is 4.53. The van der Waals surface area contributed by atoms with Gasteiger partial charge in [-0.2, -0.15) is 5.26 Å². The van der Waals surface area contributed by atoms with Crippen LogP contribution in [0.4, 0.5) is 4.79 Å². The Morgan fingerprint density at radius 1 is 1.48 bits per heavy atom. The second-order valence-electron chi connectivity index (χ2n) is 6.77. The molecular weight excluding hydrogens is 294 g/mol. The van der Waals surface area contributed by atoms with Gasteiger partial charge in [0.2, 0.25) is 0 Å². The van der Waals surface area contributed by atoms with Gasteiger partial charge in [0.15, 0.2) is 0 Å². The minimum absolute atomic E-state index is 0.448. The SMILES string of the molecule is COc1ccc([C@@]2(N(C(=O)O)C(C)(C)C)CCNC2)c(C#N)c1. The minimum Gasteiger partial charge on any atom is -0.497 e. The van der Waals surface area contributed by atoms with Crippen LogP contribution in [0.2, 0.25) is 0 Å². The van der Waals surface area contributed by atoms with E-state index in [1.54, 1.807) is 19.2 Å². The fraction of sp³-hybridized carbons (Fsp3) is 0.529. The number of carboxylic acid groups (broad SMARTS) is 1. The van der Waals surface area contributed by atoms with Crippen molar-refractivity contribution in [2.45, 2.75) is 38.3 Å². The van der Waals surface area contributed by atoms with Crippen molar-refractivity contribution in [1.82, 2.24) is 10.2 Å². The first-order valence-electron chi connectivity index (χ1n) is 7.59. The van der Waals surface area contributed by atoms with Crippen LogP contribution in [0.1, 0.15) is 38.3 Å². The van der Waals surface area contributed by atoms with E-state index in [9.17, 15) is 15.2 Å². The number of benzene rings is 1. The third-order valence-corrected chi connectivity index (χ3v) is 4.27. The first kappa shape index (κ1) is 17.1. The van der Waals surface area contributed by atoms with Gasteiger partial charge in [-0.05, 0) is 51.4 Å². The van der Waals surface area contributed by atoms with Crippen molar-refractivity contribution in [2.24, 2.45) is 0 Å². The Bertz CT molecular complexity index is 637. The quantitative estimate of drug-likeness (QED) is 0.895. The van der Waals surface area contributed by atoms with E-state index >= 15 is 0 Å². The lowest BCUT2D eigenvalue weighted by atomic mass is 9.81. The van der Waals surface area contributed by atoms with E-state index in [1.807, 2.05) is 26.8 Å². The number of nitrogens with zero attached hydrogens (tertiary/aromatic N) is 2. The highest BCUT2D eigenvalue weighted by molar-refractivity contribution is 5.69. The van der Waals surface area contributed by atoms with Crippen LogP contribution < -0.4 is 10.1 Å². The number of rotatable bonds is 3. The molecule has 1 amide bonds. The number of hydrogen-bond acceptors (Lipinski definition) is 4. The lowest BCUT2D eigenvalue weighted by Crippen LogP contribution is -2.58. The molecule has 1 aromatic rings. The molecule has 0 unspecified atom stereocenters. The number of methoxy groups -OCH3 is 1. The molecule has 6 nitrogen and oxygen atoms in total. The van der Waals surface area contributed by atoms with Gasteiger partial charge in [-0.3, -0.25) is 4.90 Å². The van der Waals surface area contributed by atoms with Gasteiger partial charge in [0.05, 0.1) is 24.3 Å². The predicted molar refractivity (Wildman–Crippen MR) is 86.5 cm³/mol. The van der Waals surface area contributed by atoms with Crippen LogP contribution >= 0.6 is 0 Å². The van der Waals surface area contributed by atoms with Crippen LogP contribution in [0, 0.1) is 11.3 Å².